The molecule has 0 radical (unpaired) electrons. The monoisotopic (exact) mass is 348 g/mol. The minimum atomic E-state index is 0.226. The molecule has 2 aromatic carbocycles. The fourth-order valence-corrected chi connectivity index (χ4v) is 2.90. The van der Waals surface area contributed by atoms with E-state index in [2.05, 4.69) is 48.0 Å². The van der Waals surface area contributed by atoms with E-state index in [0.717, 1.165) is 23.5 Å². The molecule has 0 aliphatic heterocycles. The van der Waals surface area contributed by atoms with Crippen LogP contribution in [0, 0.1) is 13.8 Å². The van der Waals surface area contributed by atoms with Gasteiger partial charge in [0.2, 0.25) is 0 Å². The molecule has 3 heteroatoms. The van der Waals surface area contributed by atoms with Gasteiger partial charge in [-0.15, -0.1) is 0 Å². The Morgan fingerprint density at radius 2 is 1.52 bits per heavy atom. The average Bonchev–Trinajstić information content (AvgIpc) is 2.50. The van der Waals surface area contributed by atoms with E-state index in [4.69, 9.17) is 9.47 Å². The van der Waals surface area contributed by atoms with Crippen molar-refractivity contribution in [2.24, 2.45) is 0 Å². The van der Waals surface area contributed by atoms with Crippen molar-refractivity contribution in [1.29, 1.82) is 0 Å². The molecule has 2 nitrogen and oxygen atoms in total. The van der Waals surface area contributed by atoms with Crippen LogP contribution in [0.5, 0.6) is 11.5 Å². The van der Waals surface area contributed by atoms with Crippen LogP contribution < -0.4 is 9.47 Å². The molecule has 0 aliphatic rings. The highest BCUT2D eigenvalue weighted by Gasteiger charge is 2.12. The third kappa shape index (κ3) is 4.01. The molecule has 0 heterocycles. The summed E-state index contributed by atoms with van der Waals surface area (Å²) in [4.78, 5) is 0.226. The highest BCUT2D eigenvalue weighted by molar-refractivity contribution is 9.09. The van der Waals surface area contributed by atoms with Crippen LogP contribution in [0.1, 0.15) is 27.1 Å². The summed E-state index contributed by atoms with van der Waals surface area (Å²) in [5, 5.41) is 0. The van der Waals surface area contributed by atoms with Gasteiger partial charge in [0.05, 0.1) is 14.2 Å². The van der Waals surface area contributed by atoms with Crippen molar-refractivity contribution in [2.45, 2.75) is 25.1 Å². The maximum Gasteiger partial charge on any atom is 0.122 e. The Morgan fingerprint density at radius 3 is 2.05 bits per heavy atom. The summed E-state index contributed by atoms with van der Waals surface area (Å²) in [7, 11) is 3.34. The largest absolute Gasteiger partial charge is 0.497 e. The second-order valence-corrected chi connectivity index (χ2v) is 6.34. The number of methoxy groups -OCH3 is 2. The van der Waals surface area contributed by atoms with E-state index in [1.807, 2.05) is 18.2 Å². The molecule has 0 fully saturated rings. The normalized spacial score (nSPS) is 12.0. The fourth-order valence-electron chi connectivity index (χ4n) is 2.27. The zero-order valence-corrected chi connectivity index (χ0v) is 14.5. The van der Waals surface area contributed by atoms with Crippen LogP contribution in [0.2, 0.25) is 0 Å². The summed E-state index contributed by atoms with van der Waals surface area (Å²) >= 11 is 3.78. The summed E-state index contributed by atoms with van der Waals surface area (Å²) in [6.07, 6.45) is 0.928. The van der Waals surface area contributed by atoms with Gasteiger partial charge in [-0.05, 0) is 54.7 Å². The second-order valence-electron chi connectivity index (χ2n) is 5.24. The quantitative estimate of drug-likeness (QED) is 0.708. The molecule has 2 rings (SSSR count). The van der Waals surface area contributed by atoms with Crippen LogP contribution in [-0.4, -0.2) is 14.2 Å². The van der Waals surface area contributed by atoms with Crippen molar-refractivity contribution in [3.63, 3.8) is 0 Å². The van der Waals surface area contributed by atoms with Crippen molar-refractivity contribution in [3.8, 4) is 11.5 Å². The van der Waals surface area contributed by atoms with Crippen LogP contribution >= 0.6 is 15.9 Å². The lowest BCUT2D eigenvalue weighted by Crippen LogP contribution is -1.98. The number of alkyl halides is 1. The number of hydrogen-bond donors (Lipinski definition) is 0. The Bertz CT molecular complexity index is 600. The minimum Gasteiger partial charge on any atom is -0.497 e. The molecule has 1 unspecified atom stereocenters. The van der Waals surface area contributed by atoms with Crippen LogP contribution in [0.25, 0.3) is 0 Å². The maximum atomic E-state index is 5.33. The molecule has 1 atom stereocenters. The molecular weight excluding hydrogens is 328 g/mol. The predicted molar refractivity (Wildman–Crippen MR) is 90.8 cm³/mol. The van der Waals surface area contributed by atoms with E-state index in [9.17, 15) is 0 Å². The highest BCUT2D eigenvalue weighted by Crippen LogP contribution is 2.33. The average molecular weight is 349 g/mol. The minimum absolute atomic E-state index is 0.226. The van der Waals surface area contributed by atoms with Gasteiger partial charge in [0, 0.05) is 10.9 Å². The lowest BCUT2D eigenvalue weighted by molar-refractivity contribution is 0.393. The van der Waals surface area contributed by atoms with Gasteiger partial charge in [-0.3, -0.25) is 0 Å². The van der Waals surface area contributed by atoms with E-state index in [0.29, 0.717) is 0 Å². The first-order valence-corrected chi connectivity index (χ1v) is 7.88. The first-order chi connectivity index (χ1) is 10.0. The van der Waals surface area contributed by atoms with Crippen molar-refractivity contribution in [3.05, 3.63) is 58.7 Å². The standard InChI is InChI=1S/C18H21BrO2/c1-12-5-6-14(7-13(12)2)8-18(19)15-9-16(20-3)11-17(10-15)21-4/h5-7,9-11,18H,8H2,1-4H3. The molecule has 0 bridgehead atoms. The fraction of sp³-hybridized carbons (Fsp3) is 0.333. The third-order valence-electron chi connectivity index (χ3n) is 3.72. The Labute approximate surface area is 135 Å². The first kappa shape index (κ1) is 15.9. The smallest absolute Gasteiger partial charge is 0.122 e. The van der Waals surface area contributed by atoms with Gasteiger partial charge in [0.15, 0.2) is 0 Å². The lowest BCUT2D eigenvalue weighted by atomic mass is 10.00. The molecule has 0 spiro atoms. The molecule has 0 saturated heterocycles. The molecule has 2 aromatic rings. The number of benzene rings is 2. The van der Waals surface area contributed by atoms with Crippen molar-refractivity contribution < 1.29 is 9.47 Å². The van der Waals surface area contributed by atoms with Crippen molar-refractivity contribution in [1.82, 2.24) is 0 Å². The van der Waals surface area contributed by atoms with Gasteiger partial charge in [0.25, 0.3) is 0 Å². The molecule has 21 heavy (non-hydrogen) atoms. The number of rotatable bonds is 5. The summed E-state index contributed by atoms with van der Waals surface area (Å²) in [5.74, 6) is 1.63. The Kier molecular flexibility index (Phi) is 5.29. The van der Waals surface area contributed by atoms with Gasteiger partial charge >= 0.3 is 0 Å². The lowest BCUT2D eigenvalue weighted by Gasteiger charge is -2.14. The SMILES string of the molecule is COc1cc(OC)cc(C(Br)Cc2ccc(C)c(C)c2)c1. The van der Waals surface area contributed by atoms with Gasteiger partial charge < -0.3 is 9.47 Å². The second kappa shape index (κ2) is 6.99. The molecule has 112 valence electrons. The van der Waals surface area contributed by atoms with E-state index in [1.54, 1.807) is 14.2 Å². The van der Waals surface area contributed by atoms with Crippen LogP contribution in [0.15, 0.2) is 36.4 Å². The summed E-state index contributed by atoms with van der Waals surface area (Å²) in [6, 6.07) is 12.6. The summed E-state index contributed by atoms with van der Waals surface area (Å²) in [5.41, 5.74) is 5.13. The number of ether oxygens (including phenoxy) is 2. The van der Waals surface area contributed by atoms with E-state index < -0.39 is 0 Å². The molecule has 0 aromatic heterocycles. The first-order valence-electron chi connectivity index (χ1n) is 6.96. The summed E-state index contributed by atoms with van der Waals surface area (Å²) in [6.45, 7) is 4.29. The molecular formula is C18H21BrO2. The van der Waals surface area contributed by atoms with Gasteiger partial charge in [-0.25, -0.2) is 0 Å². The van der Waals surface area contributed by atoms with Crippen molar-refractivity contribution >= 4 is 15.9 Å². The molecule has 0 N–H and O–H groups in total. The van der Waals surface area contributed by atoms with E-state index in [-0.39, 0.29) is 4.83 Å². The maximum absolute atomic E-state index is 5.33. The Morgan fingerprint density at radius 1 is 0.905 bits per heavy atom. The molecule has 0 aliphatic carbocycles. The van der Waals surface area contributed by atoms with Gasteiger partial charge in [-0.2, -0.15) is 0 Å². The third-order valence-corrected chi connectivity index (χ3v) is 4.57. The van der Waals surface area contributed by atoms with Crippen molar-refractivity contribution in [2.75, 3.05) is 14.2 Å². The van der Waals surface area contributed by atoms with Crippen LogP contribution in [0.4, 0.5) is 0 Å². The van der Waals surface area contributed by atoms with E-state index in [1.165, 1.54) is 16.7 Å². The predicted octanol–water partition coefficient (Wildman–Crippen LogP) is 5.00. The number of halogens is 1. The van der Waals surface area contributed by atoms with Gasteiger partial charge in [0.1, 0.15) is 11.5 Å². The van der Waals surface area contributed by atoms with Crippen LogP contribution in [0.3, 0.4) is 0 Å². The number of hydrogen-bond acceptors (Lipinski definition) is 2. The molecule has 0 amide bonds. The highest BCUT2D eigenvalue weighted by atomic mass is 79.9. The zero-order valence-electron chi connectivity index (χ0n) is 12.9. The van der Waals surface area contributed by atoms with Crippen LogP contribution in [-0.2, 0) is 6.42 Å². The zero-order chi connectivity index (χ0) is 15.4. The van der Waals surface area contributed by atoms with Gasteiger partial charge in [-0.1, -0.05) is 34.1 Å². The number of aryl methyl sites for hydroxylation is 2. The molecule has 0 saturated carbocycles. The topological polar surface area (TPSA) is 18.5 Å². The Hall–Kier alpha value is -1.48. The summed E-state index contributed by atoms with van der Waals surface area (Å²) < 4.78 is 10.7. The Balaban J connectivity index is 2.22. The van der Waals surface area contributed by atoms with E-state index >= 15 is 0 Å².